The highest BCUT2D eigenvalue weighted by molar-refractivity contribution is 5.78. The number of nitrogens with two attached hydrogens (primary N) is 1. The van der Waals surface area contributed by atoms with Gasteiger partial charge in [0.05, 0.1) is 6.10 Å². The van der Waals surface area contributed by atoms with E-state index in [0.29, 0.717) is 17.9 Å². The smallest absolute Gasteiger partial charge is 0.188 e. The Labute approximate surface area is 91.0 Å². The molecule has 4 nitrogen and oxygen atoms in total. The van der Waals surface area contributed by atoms with Crippen LogP contribution < -0.4 is 11.1 Å². The van der Waals surface area contributed by atoms with E-state index in [0.717, 1.165) is 25.8 Å². The zero-order valence-electron chi connectivity index (χ0n) is 9.15. The van der Waals surface area contributed by atoms with E-state index in [1.165, 1.54) is 19.3 Å². The number of nitrogens with one attached hydrogen (secondary N) is 1. The van der Waals surface area contributed by atoms with Crippen molar-refractivity contribution in [3.05, 3.63) is 0 Å². The van der Waals surface area contributed by atoms with Gasteiger partial charge in [0.15, 0.2) is 5.96 Å². The molecule has 2 saturated carbocycles. The molecule has 0 bridgehead atoms. The average molecular weight is 211 g/mol. The lowest BCUT2D eigenvalue weighted by Gasteiger charge is -2.24. The van der Waals surface area contributed by atoms with Gasteiger partial charge in [-0.3, -0.25) is 4.99 Å². The predicted octanol–water partition coefficient (Wildman–Crippen LogP) is 0.604. The van der Waals surface area contributed by atoms with Crippen molar-refractivity contribution in [2.45, 2.75) is 50.7 Å². The van der Waals surface area contributed by atoms with E-state index in [2.05, 4.69) is 10.3 Å². The molecule has 2 atom stereocenters. The number of rotatable bonds is 3. The highest BCUT2D eigenvalue weighted by atomic mass is 16.3. The Kier molecular flexibility index (Phi) is 3.46. The summed E-state index contributed by atoms with van der Waals surface area (Å²) in [4.78, 5) is 4.33. The van der Waals surface area contributed by atoms with Gasteiger partial charge < -0.3 is 16.2 Å². The second kappa shape index (κ2) is 4.84. The van der Waals surface area contributed by atoms with E-state index in [1.807, 2.05) is 0 Å². The predicted molar refractivity (Wildman–Crippen MR) is 60.6 cm³/mol. The number of aliphatic hydroxyl groups excluding tert-OH is 1. The molecular formula is C11H21N3O. The van der Waals surface area contributed by atoms with Crippen LogP contribution in [-0.4, -0.2) is 29.8 Å². The van der Waals surface area contributed by atoms with Crippen LogP contribution in [0.15, 0.2) is 4.99 Å². The minimum absolute atomic E-state index is 0.114. The zero-order valence-corrected chi connectivity index (χ0v) is 9.15. The summed E-state index contributed by atoms with van der Waals surface area (Å²) < 4.78 is 0. The molecule has 15 heavy (non-hydrogen) atoms. The van der Waals surface area contributed by atoms with Crippen molar-refractivity contribution in [3.8, 4) is 0 Å². The maximum Gasteiger partial charge on any atom is 0.188 e. The van der Waals surface area contributed by atoms with E-state index in [1.54, 1.807) is 0 Å². The molecule has 2 aliphatic rings. The standard InChI is InChI=1S/C11H21N3O/c12-11(14-9-4-5-9)13-7-8-2-1-3-10(15)6-8/h8-10,15H,1-7H2,(H3,12,13,14). The molecule has 0 saturated heterocycles. The van der Waals surface area contributed by atoms with Crippen LogP contribution in [0.4, 0.5) is 0 Å². The van der Waals surface area contributed by atoms with Crippen LogP contribution in [0.1, 0.15) is 38.5 Å². The van der Waals surface area contributed by atoms with Crippen LogP contribution in [0, 0.1) is 5.92 Å². The lowest BCUT2D eigenvalue weighted by molar-refractivity contribution is 0.103. The minimum Gasteiger partial charge on any atom is -0.393 e. The summed E-state index contributed by atoms with van der Waals surface area (Å²) in [6.45, 7) is 0.766. The Morgan fingerprint density at radius 3 is 2.80 bits per heavy atom. The molecular weight excluding hydrogens is 190 g/mol. The third-order valence-electron chi connectivity index (χ3n) is 3.20. The van der Waals surface area contributed by atoms with Crippen molar-refractivity contribution in [1.82, 2.24) is 5.32 Å². The monoisotopic (exact) mass is 211 g/mol. The maximum atomic E-state index is 9.50. The Balaban J connectivity index is 1.70. The maximum absolute atomic E-state index is 9.50. The van der Waals surface area contributed by atoms with Crippen molar-refractivity contribution < 1.29 is 5.11 Å². The van der Waals surface area contributed by atoms with E-state index >= 15 is 0 Å². The molecule has 86 valence electrons. The van der Waals surface area contributed by atoms with Gasteiger partial charge in [-0.25, -0.2) is 0 Å². The normalized spacial score (nSPS) is 32.7. The summed E-state index contributed by atoms with van der Waals surface area (Å²) in [5, 5.41) is 12.7. The summed E-state index contributed by atoms with van der Waals surface area (Å²) in [6, 6.07) is 0.575. The second-order valence-electron chi connectivity index (χ2n) is 4.83. The minimum atomic E-state index is -0.114. The molecule has 2 aliphatic carbocycles. The number of hydrogen-bond donors (Lipinski definition) is 3. The van der Waals surface area contributed by atoms with Crippen LogP contribution >= 0.6 is 0 Å². The van der Waals surface area contributed by atoms with Crippen molar-refractivity contribution in [2.75, 3.05) is 6.54 Å². The molecule has 4 N–H and O–H groups in total. The summed E-state index contributed by atoms with van der Waals surface area (Å²) >= 11 is 0. The van der Waals surface area contributed by atoms with Gasteiger partial charge in [-0.05, 0) is 38.0 Å². The van der Waals surface area contributed by atoms with E-state index in [4.69, 9.17) is 5.73 Å². The number of aliphatic hydroxyl groups is 1. The Bertz CT molecular complexity index is 238. The van der Waals surface area contributed by atoms with Gasteiger partial charge in [0.25, 0.3) is 0 Å². The lowest BCUT2D eigenvalue weighted by atomic mass is 9.87. The third-order valence-corrected chi connectivity index (χ3v) is 3.20. The Morgan fingerprint density at radius 2 is 2.13 bits per heavy atom. The highest BCUT2D eigenvalue weighted by Crippen LogP contribution is 2.24. The SMILES string of the molecule is NC(=NCC1CCCC(O)C1)NC1CC1. The van der Waals surface area contributed by atoms with Crippen molar-refractivity contribution in [3.63, 3.8) is 0 Å². The van der Waals surface area contributed by atoms with Crippen molar-refractivity contribution in [2.24, 2.45) is 16.6 Å². The average Bonchev–Trinajstić information content (AvgIpc) is 2.99. The van der Waals surface area contributed by atoms with Crippen molar-refractivity contribution >= 4 is 5.96 Å². The molecule has 0 heterocycles. The van der Waals surface area contributed by atoms with Gasteiger partial charge in [-0.1, -0.05) is 6.42 Å². The van der Waals surface area contributed by atoms with Gasteiger partial charge in [0, 0.05) is 12.6 Å². The summed E-state index contributed by atoms with van der Waals surface area (Å²) in [5.74, 6) is 1.10. The largest absolute Gasteiger partial charge is 0.393 e. The number of nitrogens with zero attached hydrogens (tertiary/aromatic N) is 1. The van der Waals surface area contributed by atoms with Crippen molar-refractivity contribution in [1.29, 1.82) is 0 Å². The number of guanidine groups is 1. The molecule has 2 rings (SSSR count). The first-order valence-electron chi connectivity index (χ1n) is 5.98. The molecule has 0 aromatic carbocycles. The van der Waals surface area contributed by atoms with Gasteiger partial charge in [0.1, 0.15) is 0 Å². The first-order chi connectivity index (χ1) is 7.24. The van der Waals surface area contributed by atoms with Gasteiger partial charge in [-0.15, -0.1) is 0 Å². The first-order valence-corrected chi connectivity index (χ1v) is 5.98. The zero-order chi connectivity index (χ0) is 10.7. The Hall–Kier alpha value is -0.770. The first kappa shape index (κ1) is 10.7. The molecule has 0 radical (unpaired) electrons. The van der Waals surface area contributed by atoms with E-state index < -0.39 is 0 Å². The Morgan fingerprint density at radius 1 is 1.33 bits per heavy atom. The lowest BCUT2D eigenvalue weighted by Crippen LogP contribution is -2.34. The quantitative estimate of drug-likeness (QED) is 0.473. The highest BCUT2D eigenvalue weighted by Gasteiger charge is 2.22. The number of hydrogen-bond acceptors (Lipinski definition) is 2. The van der Waals surface area contributed by atoms with Gasteiger partial charge >= 0.3 is 0 Å². The van der Waals surface area contributed by atoms with Crippen LogP contribution in [-0.2, 0) is 0 Å². The van der Waals surface area contributed by atoms with Crippen LogP contribution in [0.5, 0.6) is 0 Å². The second-order valence-corrected chi connectivity index (χ2v) is 4.83. The van der Waals surface area contributed by atoms with Crippen LogP contribution in [0.2, 0.25) is 0 Å². The summed E-state index contributed by atoms with van der Waals surface area (Å²) in [5.41, 5.74) is 5.74. The molecule has 2 fully saturated rings. The van der Waals surface area contributed by atoms with Gasteiger partial charge in [0.2, 0.25) is 0 Å². The van der Waals surface area contributed by atoms with E-state index in [-0.39, 0.29) is 6.10 Å². The van der Waals surface area contributed by atoms with E-state index in [9.17, 15) is 5.11 Å². The molecule has 0 amide bonds. The number of aliphatic imine (C=N–C) groups is 1. The molecule has 0 aromatic heterocycles. The fourth-order valence-corrected chi connectivity index (χ4v) is 2.14. The molecule has 0 aliphatic heterocycles. The van der Waals surface area contributed by atoms with Crippen LogP contribution in [0.3, 0.4) is 0 Å². The topological polar surface area (TPSA) is 70.6 Å². The molecule has 0 spiro atoms. The third kappa shape index (κ3) is 3.70. The van der Waals surface area contributed by atoms with Crippen LogP contribution in [0.25, 0.3) is 0 Å². The summed E-state index contributed by atoms with van der Waals surface area (Å²) in [6.07, 6.45) is 6.47. The molecule has 4 heteroatoms. The fourth-order valence-electron chi connectivity index (χ4n) is 2.14. The molecule has 0 aromatic rings. The summed E-state index contributed by atoms with van der Waals surface area (Å²) in [7, 11) is 0. The van der Waals surface area contributed by atoms with Gasteiger partial charge in [-0.2, -0.15) is 0 Å². The fraction of sp³-hybridized carbons (Fsp3) is 0.909. The molecule has 2 unspecified atom stereocenters.